The second kappa shape index (κ2) is 14.0. The van der Waals surface area contributed by atoms with Crippen LogP contribution < -0.4 is 0 Å². The summed E-state index contributed by atoms with van der Waals surface area (Å²) in [7, 11) is 0. The van der Waals surface area contributed by atoms with Crippen LogP contribution in [0.1, 0.15) is 55.8 Å². The summed E-state index contributed by atoms with van der Waals surface area (Å²) in [6.45, 7) is 6.89. The molecule has 0 aliphatic heterocycles. The lowest BCUT2D eigenvalue weighted by Crippen LogP contribution is -2.36. The van der Waals surface area contributed by atoms with Crippen molar-refractivity contribution in [3.8, 4) is 0 Å². The van der Waals surface area contributed by atoms with Crippen molar-refractivity contribution in [2.24, 2.45) is 5.41 Å². The number of aliphatic carboxylic acids is 1. The number of carboxylic acid groups (broad SMARTS) is 1. The van der Waals surface area contributed by atoms with Gasteiger partial charge in [0.05, 0.1) is 17.0 Å². The lowest BCUT2D eigenvalue weighted by molar-refractivity contribution is -0.144. The molecule has 1 N–H and O–H groups in total. The molecule has 44 heavy (non-hydrogen) atoms. The number of para-hydroxylation sites is 2. The van der Waals surface area contributed by atoms with Gasteiger partial charge in [-0.3, -0.25) is 4.79 Å². The molecule has 0 aliphatic carbocycles. The molecule has 0 saturated heterocycles. The summed E-state index contributed by atoms with van der Waals surface area (Å²) in [6, 6.07) is 36.9. The van der Waals surface area contributed by atoms with E-state index in [4.69, 9.17) is 4.98 Å². The molecular weight excluding hydrogens is 566 g/mol. The van der Waals surface area contributed by atoms with Gasteiger partial charge in [-0.05, 0) is 40.7 Å². The van der Waals surface area contributed by atoms with Crippen molar-refractivity contribution in [3.63, 3.8) is 0 Å². The zero-order chi connectivity index (χ0) is 31.1. The standard InChI is InChI=1S/C37H39N3O3S/c1-37(2,3)33(35(42)43)40-31-23-14-13-22-30(31)38-36(40)44-25-15-24-39(26-27-16-7-4-8-17-27)34(41)32(28-18-9-5-10-19-28)29-20-11-6-12-21-29/h4-14,16-23,32-33H,15,24-26H2,1-3H3,(H,42,43). The van der Waals surface area contributed by atoms with Crippen LogP contribution in [0.4, 0.5) is 0 Å². The van der Waals surface area contributed by atoms with Crippen molar-refractivity contribution >= 4 is 34.7 Å². The number of amides is 1. The molecule has 6 nitrogen and oxygen atoms in total. The Hall–Kier alpha value is -4.36. The first-order valence-corrected chi connectivity index (χ1v) is 16.0. The Balaban J connectivity index is 1.40. The lowest BCUT2D eigenvalue weighted by atomic mass is 9.86. The first-order valence-electron chi connectivity index (χ1n) is 15.0. The fraction of sp³-hybridized carbons (Fsp3) is 0.270. The van der Waals surface area contributed by atoms with Crippen LogP contribution in [0, 0.1) is 5.41 Å². The van der Waals surface area contributed by atoms with E-state index in [1.54, 1.807) is 11.8 Å². The van der Waals surface area contributed by atoms with Gasteiger partial charge in [0.15, 0.2) is 5.16 Å². The predicted octanol–water partition coefficient (Wildman–Crippen LogP) is 8.05. The van der Waals surface area contributed by atoms with Crippen LogP contribution in [0.3, 0.4) is 0 Å². The number of hydrogen-bond donors (Lipinski definition) is 1. The van der Waals surface area contributed by atoms with E-state index in [0.29, 0.717) is 24.0 Å². The summed E-state index contributed by atoms with van der Waals surface area (Å²) in [6.07, 6.45) is 0.718. The Labute approximate surface area is 263 Å². The maximum atomic E-state index is 14.4. The molecule has 1 amide bonds. The maximum Gasteiger partial charge on any atom is 0.327 e. The lowest BCUT2D eigenvalue weighted by Gasteiger charge is -2.30. The molecule has 1 atom stereocenters. The SMILES string of the molecule is CC(C)(C)C(C(=O)O)n1c(SCCCN(Cc2ccccc2)C(=O)C(c2ccccc2)c2ccccc2)nc2ccccc21. The molecule has 7 heteroatoms. The monoisotopic (exact) mass is 605 g/mol. The Bertz CT molecular complexity index is 1640. The van der Waals surface area contributed by atoms with Gasteiger partial charge < -0.3 is 14.6 Å². The average molecular weight is 606 g/mol. The van der Waals surface area contributed by atoms with Crippen molar-refractivity contribution in [3.05, 3.63) is 132 Å². The van der Waals surface area contributed by atoms with Gasteiger partial charge >= 0.3 is 5.97 Å². The second-order valence-electron chi connectivity index (χ2n) is 12.1. The minimum Gasteiger partial charge on any atom is -0.480 e. The van der Waals surface area contributed by atoms with Crippen LogP contribution in [0.2, 0.25) is 0 Å². The predicted molar refractivity (Wildman–Crippen MR) is 178 cm³/mol. The summed E-state index contributed by atoms with van der Waals surface area (Å²) >= 11 is 1.55. The normalized spacial score (nSPS) is 12.4. The summed E-state index contributed by atoms with van der Waals surface area (Å²) in [4.78, 5) is 33.7. The molecule has 0 fully saturated rings. The van der Waals surface area contributed by atoms with Gasteiger partial charge in [0.2, 0.25) is 5.91 Å². The highest BCUT2D eigenvalue weighted by atomic mass is 32.2. The summed E-state index contributed by atoms with van der Waals surface area (Å²) in [5.74, 6) is -0.557. The summed E-state index contributed by atoms with van der Waals surface area (Å²) in [5.41, 5.74) is 4.07. The van der Waals surface area contributed by atoms with Gasteiger partial charge in [0, 0.05) is 18.8 Å². The van der Waals surface area contributed by atoms with Crippen LogP contribution in [-0.4, -0.2) is 43.7 Å². The number of carbonyl (C=O) groups excluding carboxylic acids is 1. The Morgan fingerprint density at radius 3 is 1.93 bits per heavy atom. The molecule has 1 heterocycles. The average Bonchev–Trinajstić information content (AvgIpc) is 3.37. The molecule has 5 rings (SSSR count). The molecular formula is C37H39N3O3S. The molecule has 0 bridgehead atoms. The minimum absolute atomic E-state index is 0.0576. The van der Waals surface area contributed by atoms with E-state index in [9.17, 15) is 14.7 Å². The van der Waals surface area contributed by atoms with Gasteiger partial charge in [0.1, 0.15) is 6.04 Å². The highest BCUT2D eigenvalue weighted by Crippen LogP contribution is 2.37. The number of aromatic nitrogens is 2. The molecule has 0 aliphatic rings. The van der Waals surface area contributed by atoms with Crippen LogP contribution in [0.25, 0.3) is 11.0 Å². The molecule has 0 saturated carbocycles. The van der Waals surface area contributed by atoms with E-state index in [1.807, 2.05) is 133 Å². The van der Waals surface area contributed by atoms with Gasteiger partial charge in [-0.1, -0.05) is 136 Å². The third kappa shape index (κ3) is 7.22. The van der Waals surface area contributed by atoms with Gasteiger partial charge in [-0.25, -0.2) is 9.78 Å². The Morgan fingerprint density at radius 2 is 1.36 bits per heavy atom. The number of hydrogen-bond acceptors (Lipinski definition) is 4. The van der Waals surface area contributed by atoms with Crippen molar-refractivity contribution in [2.45, 2.75) is 50.9 Å². The van der Waals surface area contributed by atoms with Crippen molar-refractivity contribution in [1.82, 2.24) is 14.5 Å². The van der Waals surface area contributed by atoms with Gasteiger partial charge in [-0.2, -0.15) is 0 Å². The molecule has 0 radical (unpaired) electrons. The number of carboxylic acids is 1. The van der Waals surface area contributed by atoms with E-state index in [-0.39, 0.29) is 5.91 Å². The molecule has 226 valence electrons. The summed E-state index contributed by atoms with van der Waals surface area (Å²) < 4.78 is 1.87. The smallest absolute Gasteiger partial charge is 0.327 e. The second-order valence-corrected chi connectivity index (χ2v) is 13.1. The molecule has 1 unspecified atom stereocenters. The van der Waals surface area contributed by atoms with Crippen molar-refractivity contribution < 1.29 is 14.7 Å². The van der Waals surface area contributed by atoms with Gasteiger partial charge in [0.25, 0.3) is 0 Å². The van der Waals surface area contributed by atoms with Crippen molar-refractivity contribution in [1.29, 1.82) is 0 Å². The highest BCUT2D eigenvalue weighted by molar-refractivity contribution is 7.99. The number of thioether (sulfide) groups is 1. The Kier molecular flexibility index (Phi) is 9.85. The molecule has 0 spiro atoms. The zero-order valence-corrected chi connectivity index (χ0v) is 26.3. The maximum absolute atomic E-state index is 14.4. The fourth-order valence-corrected chi connectivity index (χ4v) is 6.64. The first-order chi connectivity index (χ1) is 21.2. The number of rotatable bonds is 12. The fourth-order valence-electron chi connectivity index (χ4n) is 5.68. The molecule has 1 aromatic heterocycles. The third-order valence-electron chi connectivity index (χ3n) is 7.72. The van der Waals surface area contributed by atoms with E-state index in [0.717, 1.165) is 34.1 Å². The van der Waals surface area contributed by atoms with E-state index in [1.165, 1.54) is 0 Å². The van der Waals surface area contributed by atoms with Crippen LogP contribution in [0.15, 0.2) is 120 Å². The minimum atomic E-state index is -0.880. The number of carbonyl (C=O) groups is 2. The van der Waals surface area contributed by atoms with Crippen molar-refractivity contribution in [2.75, 3.05) is 12.3 Å². The van der Waals surface area contributed by atoms with E-state index >= 15 is 0 Å². The van der Waals surface area contributed by atoms with Crippen LogP contribution >= 0.6 is 11.8 Å². The number of fused-ring (bicyclic) bond motifs is 1. The number of nitrogens with zero attached hydrogens (tertiary/aromatic N) is 3. The molecule has 4 aromatic carbocycles. The summed E-state index contributed by atoms with van der Waals surface area (Å²) in [5, 5.41) is 10.9. The van der Waals surface area contributed by atoms with Crippen LogP contribution in [0.5, 0.6) is 0 Å². The Morgan fingerprint density at radius 1 is 0.818 bits per heavy atom. The first kappa shape index (κ1) is 31.1. The number of imidazole rings is 1. The van der Waals surface area contributed by atoms with Gasteiger partial charge in [-0.15, -0.1) is 0 Å². The largest absolute Gasteiger partial charge is 0.480 e. The zero-order valence-electron chi connectivity index (χ0n) is 25.5. The quantitative estimate of drug-likeness (QED) is 0.115. The third-order valence-corrected chi connectivity index (χ3v) is 8.76. The topological polar surface area (TPSA) is 75.4 Å². The van der Waals surface area contributed by atoms with E-state index in [2.05, 4.69) is 12.1 Å². The van der Waals surface area contributed by atoms with Crippen LogP contribution in [-0.2, 0) is 16.1 Å². The van der Waals surface area contributed by atoms with E-state index < -0.39 is 23.3 Å². The molecule has 5 aromatic rings. The number of benzene rings is 4. The highest BCUT2D eigenvalue weighted by Gasteiger charge is 2.36.